The van der Waals surface area contributed by atoms with Crippen molar-refractivity contribution in [2.24, 2.45) is 0 Å². The number of carbonyl (C=O) groups excluding carboxylic acids is 2. The third-order valence-electron chi connectivity index (χ3n) is 5.92. The second-order valence-electron chi connectivity index (χ2n) is 8.40. The molecule has 35 heavy (non-hydrogen) atoms. The fourth-order valence-corrected chi connectivity index (χ4v) is 4.20. The van der Waals surface area contributed by atoms with Crippen LogP contribution in [0.3, 0.4) is 0 Å². The largest absolute Gasteiger partial charge is 0.507 e. The summed E-state index contributed by atoms with van der Waals surface area (Å²) in [5.74, 6) is -0.371. The minimum absolute atomic E-state index is 0.0673. The lowest BCUT2D eigenvalue weighted by Crippen LogP contribution is -2.31. The molecule has 0 aromatic heterocycles. The zero-order valence-electron chi connectivity index (χ0n) is 20.8. The van der Waals surface area contributed by atoms with Gasteiger partial charge < -0.3 is 24.2 Å². The Morgan fingerprint density at radius 1 is 0.943 bits per heavy atom. The van der Waals surface area contributed by atoms with Gasteiger partial charge in [0.2, 0.25) is 0 Å². The van der Waals surface area contributed by atoms with Gasteiger partial charge in [-0.2, -0.15) is 0 Å². The predicted molar refractivity (Wildman–Crippen MR) is 135 cm³/mol. The third-order valence-corrected chi connectivity index (χ3v) is 5.92. The fourth-order valence-electron chi connectivity index (χ4n) is 4.20. The molecule has 1 heterocycles. The maximum absolute atomic E-state index is 13.1. The number of unbranched alkanes of at least 4 members (excludes halogenated alkanes) is 2. The second kappa shape index (κ2) is 13.0. The summed E-state index contributed by atoms with van der Waals surface area (Å²) < 4.78 is 17.0. The van der Waals surface area contributed by atoms with Crippen LogP contribution in [0, 0.1) is 0 Å². The molecular weight excluding hydrogens is 446 g/mol. The first-order chi connectivity index (χ1) is 17.0. The number of amides is 1. The molecule has 1 aliphatic heterocycles. The maximum Gasteiger partial charge on any atom is 0.295 e. The molecule has 1 saturated heterocycles. The highest BCUT2D eigenvalue weighted by atomic mass is 16.5. The standard InChI is InChI=1S/C28H35NO6/c1-4-6-10-18-35-22-15-14-21(19-23(22)34-5-2)25-24(26(30)20-12-8-7-9-13-20)27(31)28(32)29(25)16-11-17-33-3/h7-9,12-15,19,25,30H,4-6,10-11,16-18H2,1-3H3/b26-24+. The van der Waals surface area contributed by atoms with E-state index in [9.17, 15) is 14.7 Å². The van der Waals surface area contributed by atoms with Gasteiger partial charge in [-0.05, 0) is 37.5 Å². The summed E-state index contributed by atoms with van der Waals surface area (Å²) in [6.45, 7) is 5.80. The zero-order valence-corrected chi connectivity index (χ0v) is 20.8. The van der Waals surface area contributed by atoms with Crippen LogP contribution in [-0.4, -0.2) is 55.2 Å². The lowest BCUT2D eigenvalue weighted by molar-refractivity contribution is -0.140. The number of rotatable bonds is 13. The summed E-state index contributed by atoms with van der Waals surface area (Å²) >= 11 is 0. The number of ketones is 1. The van der Waals surface area contributed by atoms with Gasteiger partial charge in [-0.15, -0.1) is 0 Å². The van der Waals surface area contributed by atoms with Crippen LogP contribution in [0.5, 0.6) is 11.5 Å². The van der Waals surface area contributed by atoms with E-state index in [-0.39, 0.29) is 11.3 Å². The predicted octanol–water partition coefficient (Wildman–Crippen LogP) is 5.11. The van der Waals surface area contributed by atoms with Gasteiger partial charge in [-0.25, -0.2) is 0 Å². The van der Waals surface area contributed by atoms with E-state index < -0.39 is 17.7 Å². The normalized spacial score (nSPS) is 17.1. The van der Waals surface area contributed by atoms with Crippen molar-refractivity contribution in [3.63, 3.8) is 0 Å². The molecule has 188 valence electrons. The van der Waals surface area contributed by atoms with Gasteiger partial charge in [0.05, 0.1) is 24.8 Å². The van der Waals surface area contributed by atoms with E-state index in [1.807, 2.05) is 25.1 Å². The first kappa shape index (κ1) is 26.3. The van der Waals surface area contributed by atoms with Crippen LogP contribution in [-0.2, 0) is 14.3 Å². The number of Topliss-reactive ketones (excluding diaryl/α,β-unsaturated/α-hetero) is 1. The number of carbonyl (C=O) groups is 2. The van der Waals surface area contributed by atoms with Crippen molar-refractivity contribution in [1.82, 2.24) is 4.90 Å². The molecule has 1 atom stereocenters. The van der Waals surface area contributed by atoms with Crippen LogP contribution in [0.1, 0.15) is 56.7 Å². The Hall–Kier alpha value is -3.32. The number of hydrogen-bond donors (Lipinski definition) is 1. The molecule has 7 nitrogen and oxygen atoms in total. The van der Waals surface area contributed by atoms with Gasteiger partial charge in [-0.1, -0.05) is 56.2 Å². The maximum atomic E-state index is 13.1. The van der Waals surface area contributed by atoms with Crippen LogP contribution in [0.15, 0.2) is 54.1 Å². The summed E-state index contributed by atoms with van der Waals surface area (Å²) in [5.41, 5.74) is 1.22. The van der Waals surface area contributed by atoms with Crippen LogP contribution >= 0.6 is 0 Å². The Morgan fingerprint density at radius 3 is 2.40 bits per heavy atom. The number of likely N-dealkylation sites (tertiary alicyclic amines) is 1. The number of ether oxygens (including phenoxy) is 3. The SMILES string of the molecule is CCCCCOc1ccc(C2/C(=C(\O)c3ccccc3)C(=O)C(=O)N2CCCOC)cc1OCC. The first-order valence-electron chi connectivity index (χ1n) is 12.3. The van der Waals surface area contributed by atoms with Crippen molar-refractivity contribution in [1.29, 1.82) is 0 Å². The summed E-state index contributed by atoms with van der Waals surface area (Å²) in [5, 5.41) is 11.1. The average Bonchev–Trinajstić information content (AvgIpc) is 3.13. The molecule has 0 radical (unpaired) electrons. The molecule has 1 aliphatic rings. The highest BCUT2D eigenvalue weighted by Gasteiger charge is 2.46. The third kappa shape index (κ3) is 6.22. The molecule has 0 bridgehead atoms. The number of nitrogens with zero attached hydrogens (tertiary/aromatic N) is 1. The van der Waals surface area contributed by atoms with Crippen molar-refractivity contribution in [3.8, 4) is 11.5 Å². The number of aliphatic hydroxyl groups is 1. The van der Waals surface area contributed by atoms with Crippen molar-refractivity contribution >= 4 is 17.4 Å². The molecule has 1 amide bonds. The lowest BCUT2D eigenvalue weighted by Gasteiger charge is -2.26. The summed E-state index contributed by atoms with van der Waals surface area (Å²) in [7, 11) is 1.59. The molecule has 0 aliphatic carbocycles. The van der Waals surface area contributed by atoms with E-state index in [2.05, 4.69) is 6.92 Å². The Labute approximate surface area is 207 Å². The molecule has 1 N–H and O–H groups in total. The monoisotopic (exact) mass is 481 g/mol. The van der Waals surface area contributed by atoms with E-state index in [1.165, 1.54) is 4.90 Å². The van der Waals surface area contributed by atoms with E-state index in [4.69, 9.17) is 14.2 Å². The van der Waals surface area contributed by atoms with Gasteiger partial charge >= 0.3 is 0 Å². The van der Waals surface area contributed by atoms with E-state index >= 15 is 0 Å². The molecular formula is C28H35NO6. The van der Waals surface area contributed by atoms with Crippen molar-refractivity contribution < 1.29 is 28.9 Å². The number of benzene rings is 2. The lowest BCUT2D eigenvalue weighted by atomic mass is 9.95. The molecule has 1 unspecified atom stereocenters. The van der Waals surface area contributed by atoms with Crippen molar-refractivity contribution in [3.05, 3.63) is 65.2 Å². The fraction of sp³-hybridized carbons (Fsp3) is 0.429. The summed E-state index contributed by atoms with van der Waals surface area (Å²) in [6.07, 6.45) is 3.68. The van der Waals surface area contributed by atoms with Gasteiger partial charge in [-0.3, -0.25) is 9.59 Å². The van der Waals surface area contributed by atoms with Crippen LogP contribution in [0.25, 0.3) is 5.76 Å². The van der Waals surface area contributed by atoms with Gasteiger partial charge in [0.25, 0.3) is 11.7 Å². The number of aliphatic hydroxyl groups excluding tert-OH is 1. The average molecular weight is 482 g/mol. The van der Waals surface area contributed by atoms with Gasteiger partial charge in [0.15, 0.2) is 11.5 Å². The first-order valence-corrected chi connectivity index (χ1v) is 12.3. The van der Waals surface area contributed by atoms with Crippen LogP contribution < -0.4 is 9.47 Å². The van der Waals surface area contributed by atoms with Crippen molar-refractivity contribution in [2.45, 2.75) is 45.6 Å². The zero-order chi connectivity index (χ0) is 25.2. The molecule has 7 heteroatoms. The highest BCUT2D eigenvalue weighted by Crippen LogP contribution is 2.42. The molecule has 2 aromatic rings. The molecule has 0 spiro atoms. The summed E-state index contributed by atoms with van der Waals surface area (Å²) in [4.78, 5) is 27.7. The second-order valence-corrected chi connectivity index (χ2v) is 8.40. The molecule has 2 aromatic carbocycles. The van der Waals surface area contributed by atoms with Gasteiger partial charge in [0, 0.05) is 25.8 Å². The van der Waals surface area contributed by atoms with E-state index in [0.717, 1.165) is 19.3 Å². The van der Waals surface area contributed by atoms with Gasteiger partial charge in [0.1, 0.15) is 5.76 Å². The quantitative estimate of drug-likeness (QED) is 0.185. The molecule has 1 fully saturated rings. The highest BCUT2D eigenvalue weighted by molar-refractivity contribution is 6.46. The minimum Gasteiger partial charge on any atom is -0.507 e. The number of methoxy groups -OCH3 is 1. The Morgan fingerprint density at radius 2 is 1.71 bits per heavy atom. The van der Waals surface area contributed by atoms with E-state index in [0.29, 0.717) is 55.4 Å². The van der Waals surface area contributed by atoms with Crippen LogP contribution in [0.4, 0.5) is 0 Å². The summed E-state index contributed by atoms with van der Waals surface area (Å²) in [6, 6.07) is 13.5. The van der Waals surface area contributed by atoms with Crippen molar-refractivity contribution in [2.75, 3.05) is 33.5 Å². The molecule has 3 rings (SSSR count). The van der Waals surface area contributed by atoms with E-state index in [1.54, 1.807) is 37.4 Å². The Bertz CT molecular complexity index is 1030. The minimum atomic E-state index is -0.750. The topological polar surface area (TPSA) is 85.3 Å². The smallest absolute Gasteiger partial charge is 0.295 e. The Kier molecular flexibility index (Phi) is 9.73. The van der Waals surface area contributed by atoms with Crippen LogP contribution in [0.2, 0.25) is 0 Å². The molecule has 0 saturated carbocycles. The number of hydrogen-bond acceptors (Lipinski definition) is 6. The Balaban J connectivity index is 2.05.